The average Bonchev–Trinajstić information content (AvgIpc) is 2.55. The number of aromatic nitrogens is 2. The van der Waals surface area contributed by atoms with Crippen molar-refractivity contribution in [1.29, 1.82) is 0 Å². The molecule has 5 nitrogen and oxygen atoms in total. The molecule has 1 saturated heterocycles. The highest BCUT2D eigenvalue weighted by molar-refractivity contribution is 5.80. The summed E-state index contributed by atoms with van der Waals surface area (Å²) in [5, 5.41) is 8.19. The van der Waals surface area contributed by atoms with Crippen molar-refractivity contribution < 1.29 is 4.79 Å². The van der Waals surface area contributed by atoms with Crippen LogP contribution in [0.25, 0.3) is 0 Å². The van der Waals surface area contributed by atoms with Crippen LogP contribution < -0.4 is 5.73 Å². The van der Waals surface area contributed by atoms with Gasteiger partial charge in [0.1, 0.15) is 0 Å². The van der Waals surface area contributed by atoms with Crippen LogP contribution in [-0.2, 0) is 4.79 Å². The molecule has 5 heteroatoms. The van der Waals surface area contributed by atoms with Crippen LogP contribution in [0.1, 0.15) is 37.7 Å². The van der Waals surface area contributed by atoms with Crippen molar-refractivity contribution in [2.45, 2.75) is 45.3 Å². The van der Waals surface area contributed by atoms with Crippen molar-refractivity contribution in [3.8, 4) is 0 Å². The number of rotatable bonds is 2. The summed E-state index contributed by atoms with van der Waals surface area (Å²) in [7, 11) is 0. The Hall–Kier alpha value is -1.49. The summed E-state index contributed by atoms with van der Waals surface area (Å²) < 4.78 is 0. The first-order valence-corrected chi connectivity index (χ1v) is 5.87. The third-order valence-corrected chi connectivity index (χ3v) is 3.08. The van der Waals surface area contributed by atoms with Gasteiger partial charge in [-0.1, -0.05) is 0 Å². The molecule has 0 aliphatic carbocycles. The van der Waals surface area contributed by atoms with Gasteiger partial charge in [-0.25, -0.2) is 0 Å². The molecule has 1 amide bonds. The number of hydrogen-bond donors (Lipinski definition) is 1. The smallest absolute Gasteiger partial charge is 0.225 e. The maximum Gasteiger partial charge on any atom is 0.225 e. The number of carbonyl (C=O) groups excluding carboxylic acids is 1. The van der Waals surface area contributed by atoms with Crippen LogP contribution in [0.2, 0.25) is 0 Å². The van der Waals surface area contributed by atoms with Gasteiger partial charge in [0, 0.05) is 18.5 Å². The Kier molecular flexibility index (Phi) is 3.11. The lowest BCUT2D eigenvalue weighted by Crippen LogP contribution is -2.38. The number of hydrogen-bond acceptors (Lipinski definition) is 4. The maximum atomic E-state index is 11.9. The van der Waals surface area contributed by atoms with Crippen LogP contribution in [0.3, 0.4) is 0 Å². The van der Waals surface area contributed by atoms with Crippen LogP contribution >= 0.6 is 0 Å². The van der Waals surface area contributed by atoms with Crippen LogP contribution in [0, 0.1) is 6.92 Å². The van der Waals surface area contributed by atoms with Crippen molar-refractivity contribution in [3.05, 3.63) is 23.5 Å². The van der Waals surface area contributed by atoms with Gasteiger partial charge >= 0.3 is 0 Å². The fourth-order valence-corrected chi connectivity index (χ4v) is 2.32. The van der Waals surface area contributed by atoms with Gasteiger partial charge in [0.15, 0.2) is 0 Å². The molecule has 0 saturated carbocycles. The van der Waals surface area contributed by atoms with E-state index in [2.05, 4.69) is 10.2 Å². The second kappa shape index (κ2) is 4.41. The van der Waals surface area contributed by atoms with Gasteiger partial charge in [-0.05, 0) is 32.9 Å². The molecule has 2 heterocycles. The van der Waals surface area contributed by atoms with E-state index in [4.69, 9.17) is 5.73 Å². The molecule has 0 spiro atoms. The zero-order chi connectivity index (χ0) is 12.6. The molecule has 1 fully saturated rings. The summed E-state index contributed by atoms with van der Waals surface area (Å²) in [4.78, 5) is 13.7. The summed E-state index contributed by atoms with van der Waals surface area (Å²) in [6.45, 7) is 5.87. The molecule has 0 radical (unpaired) electrons. The van der Waals surface area contributed by atoms with E-state index in [1.807, 2.05) is 37.8 Å². The predicted octanol–water partition coefficient (Wildman–Crippen LogP) is 0.794. The molecule has 0 bridgehead atoms. The summed E-state index contributed by atoms with van der Waals surface area (Å²) in [6.07, 6.45) is 0.387. The fourth-order valence-electron chi connectivity index (χ4n) is 2.32. The van der Waals surface area contributed by atoms with Gasteiger partial charge in [0.2, 0.25) is 5.91 Å². The number of aryl methyl sites for hydroxylation is 1. The summed E-state index contributed by atoms with van der Waals surface area (Å²) >= 11 is 0. The van der Waals surface area contributed by atoms with Crippen LogP contribution in [-0.4, -0.2) is 33.1 Å². The lowest BCUT2D eigenvalue weighted by Gasteiger charge is -2.29. The van der Waals surface area contributed by atoms with Crippen molar-refractivity contribution in [2.24, 2.45) is 5.73 Å². The second-order valence-corrected chi connectivity index (χ2v) is 4.81. The quantitative estimate of drug-likeness (QED) is 0.821. The fraction of sp³-hybridized carbons (Fsp3) is 0.583. The highest BCUT2D eigenvalue weighted by atomic mass is 16.2. The Morgan fingerprint density at radius 3 is 2.65 bits per heavy atom. The van der Waals surface area contributed by atoms with Crippen LogP contribution in [0.15, 0.2) is 12.1 Å². The number of likely N-dealkylation sites (tertiary alicyclic amines) is 1. The molecular formula is C12H18N4O. The Morgan fingerprint density at radius 2 is 2.12 bits per heavy atom. The first-order valence-electron chi connectivity index (χ1n) is 5.87. The number of nitrogens with zero attached hydrogens (tertiary/aromatic N) is 3. The van der Waals surface area contributed by atoms with Crippen molar-refractivity contribution >= 4 is 5.91 Å². The molecular weight excluding hydrogens is 216 g/mol. The van der Waals surface area contributed by atoms with Gasteiger partial charge < -0.3 is 10.6 Å². The first kappa shape index (κ1) is 12.0. The largest absolute Gasteiger partial charge is 0.330 e. The predicted molar refractivity (Wildman–Crippen MR) is 64.1 cm³/mol. The molecule has 1 aliphatic rings. The van der Waals surface area contributed by atoms with E-state index in [0.717, 1.165) is 11.4 Å². The van der Waals surface area contributed by atoms with Crippen molar-refractivity contribution in [2.75, 3.05) is 0 Å². The average molecular weight is 234 g/mol. The van der Waals surface area contributed by atoms with Crippen molar-refractivity contribution in [3.63, 3.8) is 0 Å². The normalized spacial score (nSPS) is 24.8. The highest BCUT2D eigenvalue weighted by Gasteiger charge is 2.40. The Balaban J connectivity index is 2.34. The lowest BCUT2D eigenvalue weighted by atomic mass is 10.1. The topological polar surface area (TPSA) is 72.1 Å². The number of carbonyl (C=O) groups is 1. The van der Waals surface area contributed by atoms with E-state index in [1.54, 1.807) is 0 Å². The molecule has 2 rings (SSSR count). The molecule has 17 heavy (non-hydrogen) atoms. The van der Waals surface area contributed by atoms with E-state index >= 15 is 0 Å². The van der Waals surface area contributed by atoms with Crippen LogP contribution in [0.4, 0.5) is 0 Å². The Labute approximate surface area is 101 Å². The standard InChI is InChI=1S/C12H18N4O/c1-7(2)16-11(17)6-9(13)12(16)10-5-4-8(3)14-15-10/h4-5,7,9,12H,6,13H2,1-3H3/t9-,12-/m0/s1. The molecule has 0 aromatic carbocycles. The molecule has 1 aromatic heterocycles. The minimum absolute atomic E-state index is 0.0971. The molecule has 2 N–H and O–H groups in total. The molecule has 1 aromatic rings. The molecule has 92 valence electrons. The molecule has 0 unspecified atom stereocenters. The Bertz CT molecular complexity index is 415. The SMILES string of the molecule is Cc1ccc([C@@H]2[C@@H](N)CC(=O)N2C(C)C)nn1. The zero-order valence-electron chi connectivity index (χ0n) is 10.4. The minimum Gasteiger partial charge on any atom is -0.330 e. The maximum absolute atomic E-state index is 11.9. The number of nitrogens with two attached hydrogens (primary N) is 1. The van der Waals surface area contributed by atoms with E-state index in [-0.39, 0.29) is 24.0 Å². The van der Waals surface area contributed by atoms with Gasteiger partial charge in [-0.2, -0.15) is 10.2 Å². The third-order valence-electron chi connectivity index (χ3n) is 3.08. The third kappa shape index (κ3) is 2.15. The lowest BCUT2D eigenvalue weighted by molar-refractivity contribution is -0.130. The van der Waals surface area contributed by atoms with Gasteiger partial charge in [0.25, 0.3) is 0 Å². The number of amides is 1. The molecule has 2 atom stereocenters. The summed E-state index contributed by atoms with van der Waals surface area (Å²) in [5.74, 6) is 0.0971. The first-order chi connectivity index (χ1) is 8.00. The van der Waals surface area contributed by atoms with E-state index in [0.29, 0.717) is 6.42 Å². The summed E-state index contributed by atoms with van der Waals surface area (Å²) in [5.41, 5.74) is 7.68. The van der Waals surface area contributed by atoms with E-state index < -0.39 is 0 Å². The highest BCUT2D eigenvalue weighted by Crippen LogP contribution is 2.32. The molecule has 1 aliphatic heterocycles. The van der Waals surface area contributed by atoms with E-state index in [1.165, 1.54) is 0 Å². The van der Waals surface area contributed by atoms with Crippen molar-refractivity contribution in [1.82, 2.24) is 15.1 Å². The Morgan fingerprint density at radius 1 is 1.41 bits per heavy atom. The summed E-state index contributed by atoms with van der Waals surface area (Å²) in [6, 6.07) is 3.60. The monoisotopic (exact) mass is 234 g/mol. The minimum atomic E-state index is -0.193. The van der Waals surface area contributed by atoms with E-state index in [9.17, 15) is 4.79 Å². The second-order valence-electron chi connectivity index (χ2n) is 4.81. The zero-order valence-corrected chi connectivity index (χ0v) is 10.4. The van der Waals surface area contributed by atoms with Gasteiger partial charge in [-0.15, -0.1) is 0 Å². The van der Waals surface area contributed by atoms with Gasteiger partial charge in [0.05, 0.1) is 17.4 Å². The van der Waals surface area contributed by atoms with Gasteiger partial charge in [-0.3, -0.25) is 4.79 Å². The van der Waals surface area contributed by atoms with Crippen LogP contribution in [0.5, 0.6) is 0 Å².